The predicted octanol–water partition coefficient (Wildman–Crippen LogP) is 2.80. The summed E-state index contributed by atoms with van der Waals surface area (Å²) in [6, 6.07) is 6.04. The molecule has 0 bridgehead atoms. The number of likely N-dealkylation sites (tertiary alicyclic amines) is 1. The van der Waals surface area contributed by atoms with Gasteiger partial charge in [0.25, 0.3) is 0 Å². The second-order valence-electron chi connectivity index (χ2n) is 8.54. The molecule has 1 aromatic rings. The van der Waals surface area contributed by atoms with Crippen molar-refractivity contribution in [2.75, 3.05) is 30.8 Å². The van der Waals surface area contributed by atoms with Gasteiger partial charge in [-0.3, -0.25) is 18.7 Å². The number of anilines is 1. The van der Waals surface area contributed by atoms with E-state index in [-0.39, 0.29) is 17.2 Å². The van der Waals surface area contributed by atoms with Gasteiger partial charge in [-0.05, 0) is 56.8 Å². The number of nitrogens with one attached hydrogen (secondary N) is 2. The number of carbonyl (C=O) groups is 2. The lowest BCUT2D eigenvalue weighted by Gasteiger charge is -2.30. The first kappa shape index (κ1) is 20.5. The van der Waals surface area contributed by atoms with Crippen molar-refractivity contribution in [1.82, 2.24) is 10.2 Å². The Morgan fingerprint density at radius 3 is 2.76 bits per heavy atom. The Hall–Kier alpha value is -1.73. The molecule has 1 saturated carbocycles. The third-order valence-corrected chi connectivity index (χ3v) is 7.92. The molecule has 2 N–H and O–H groups in total. The van der Waals surface area contributed by atoms with E-state index in [1.807, 2.05) is 12.1 Å². The summed E-state index contributed by atoms with van der Waals surface area (Å²) in [6.07, 6.45) is 8.17. The van der Waals surface area contributed by atoms with Gasteiger partial charge in [-0.25, -0.2) is 0 Å². The highest BCUT2D eigenvalue weighted by Gasteiger charge is 2.51. The highest BCUT2D eigenvalue weighted by Crippen LogP contribution is 2.45. The molecule has 0 aromatic heterocycles. The number of hydrogen-bond acceptors (Lipinski definition) is 5. The maximum atomic E-state index is 12.8. The SMILES string of the molecule is O=C1CC2(CCCCC2)C(=O)N1CCCCNCCc1cccc2c1S(=O)CN2. The molecule has 1 aliphatic carbocycles. The zero-order valence-electron chi connectivity index (χ0n) is 17.0. The molecular formula is C22H31N3O3S. The number of amides is 2. The first-order chi connectivity index (χ1) is 14.1. The molecule has 4 rings (SSSR count). The molecule has 1 aromatic carbocycles. The van der Waals surface area contributed by atoms with Crippen molar-refractivity contribution in [3.05, 3.63) is 23.8 Å². The van der Waals surface area contributed by atoms with Gasteiger partial charge in [0.15, 0.2) is 0 Å². The van der Waals surface area contributed by atoms with Crippen LogP contribution in [0.5, 0.6) is 0 Å². The van der Waals surface area contributed by atoms with Crippen molar-refractivity contribution < 1.29 is 13.8 Å². The number of hydrogen-bond donors (Lipinski definition) is 2. The lowest BCUT2D eigenvalue weighted by molar-refractivity contribution is -0.142. The van der Waals surface area contributed by atoms with Crippen LogP contribution in [0, 0.1) is 5.41 Å². The molecule has 6 nitrogen and oxygen atoms in total. The Bertz CT molecular complexity index is 804. The summed E-state index contributed by atoms with van der Waals surface area (Å²) in [5.74, 6) is 0.633. The normalized spacial score (nSPS) is 22.9. The lowest BCUT2D eigenvalue weighted by atomic mass is 9.73. The van der Waals surface area contributed by atoms with Crippen molar-refractivity contribution in [3.63, 3.8) is 0 Å². The van der Waals surface area contributed by atoms with Crippen LogP contribution in [0.1, 0.15) is 56.9 Å². The Labute approximate surface area is 175 Å². The van der Waals surface area contributed by atoms with E-state index in [1.54, 1.807) is 0 Å². The Morgan fingerprint density at radius 1 is 1.10 bits per heavy atom. The van der Waals surface area contributed by atoms with Crippen molar-refractivity contribution in [2.45, 2.75) is 62.7 Å². The largest absolute Gasteiger partial charge is 0.372 e. The highest BCUT2D eigenvalue weighted by molar-refractivity contribution is 7.85. The standard InChI is InChI=1S/C22H31N3O3S/c26-19-15-22(10-2-1-3-11-22)21(27)25(19)14-5-4-12-23-13-9-17-7-6-8-18-20(17)29(28)16-24-18/h6-8,23-24H,1-5,9-16H2. The van der Waals surface area contributed by atoms with E-state index < -0.39 is 10.8 Å². The predicted molar refractivity (Wildman–Crippen MR) is 114 cm³/mol. The van der Waals surface area contributed by atoms with E-state index in [4.69, 9.17) is 0 Å². The monoisotopic (exact) mass is 417 g/mol. The minimum atomic E-state index is -0.941. The molecule has 1 unspecified atom stereocenters. The van der Waals surface area contributed by atoms with Crippen LogP contribution >= 0.6 is 0 Å². The second kappa shape index (κ2) is 8.96. The fourth-order valence-electron chi connectivity index (χ4n) is 4.98. The Kier molecular flexibility index (Phi) is 6.35. The van der Waals surface area contributed by atoms with Crippen LogP contribution in [-0.2, 0) is 26.8 Å². The summed E-state index contributed by atoms with van der Waals surface area (Å²) < 4.78 is 12.1. The van der Waals surface area contributed by atoms with Crippen LogP contribution in [0.4, 0.5) is 5.69 Å². The van der Waals surface area contributed by atoms with Crippen LogP contribution in [0.3, 0.4) is 0 Å². The van der Waals surface area contributed by atoms with Crippen LogP contribution in [0.15, 0.2) is 23.1 Å². The summed E-state index contributed by atoms with van der Waals surface area (Å²) >= 11 is 0. The van der Waals surface area contributed by atoms with Gasteiger partial charge in [-0.1, -0.05) is 31.4 Å². The molecular weight excluding hydrogens is 386 g/mol. The quantitative estimate of drug-likeness (QED) is 0.502. The Balaban J connectivity index is 1.16. The van der Waals surface area contributed by atoms with Crippen molar-refractivity contribution >= 4 is 28.3 Å². The van der Waals surface area contributed by atoms with E-state index >= 15 is 0 Å². The minimum absolute atomic E-state index is 0.0319. The number of unbranched alkanes of at least 4 members (excludes halogenated alkanes) is 1. The molecule has 158 valence electrons. The molecule has 2 heterocycles. The summed E-state index contributed by atoms with van der Waals surface area (Å²) in [4.78, 5) is 27.6. The van der Waals surface area contributed by atoms with Crippen LogP contribution < -0.4 is 10.6 Å². The fourth-order valence-corrected chi connectivity index (χ4v) is 6.26. The molecule has 1 spiro atoms. The van der Waals surface area contributed by atoms with Gasteiger partial charge in [-0.2, -0.15) is 0 Å². The molecule has 2 fully saturated rings. The highest BCUT2D eigenvalue weighted by atomic mass is 32.2. The molecule has 3 aliphatic rings. The molecule has 0 radical (unpaired) electrons. The summed E-state index contributed by atoms with van der Waals surface area (Å²) in [6.45, 7) is 2.24. The third kappa shape index (κ3) is 4.26. The van der Waals surface area contributed by atoms with E-state index in [0.717, 1.165) is 74.2 Å². The summed E-state index contributed by atoms with van der Waals surface area (Å²) in [5, 5.41) is 6.62. The molecule has 7 heteroatoms. The van der Waals surface area contributed by atoms with Crippen molar-refractivity contribution in [2.24, 2.45) is 5.41 Å². The van der Waals surface area contributed by atoms with E-state index in [9.17, 15) is 13.8 Å². The lowest BCUT2D eigenvalue weighted by Crippen LogP contribution is -2.37. The molecule has 2 aliphatic heterocycles. The average molecular weight is 418 g/mol. The third-order valence-electron chi connectivity index (χ3n) is 6.57. The van der Waals surface area contributed by atoms with Gasteiger partial charge in [0, 0.05) is 13.0 Å². The van der Waals surface area contributed by atoms with Gasteiger partial charge < -0.3 is 10.6 Å². The number of benzene rings is 1. The molecule has 1 atom stereocenters. The van der Waals surface area contributed by atoms with Gasteiger partial charge >= 0.3 is 0 Å². The second-order valence-corrected chi connectivity index (χ2v) is 9.92. The fraction of sp³-hybridized carbons (Fsp3) is 0.636. The zero-order chi connectivity index (χ0) is 20.3. The van der Waals surface area contributed by atoms with Crippen LogP contribution in [-0.4, -0.2) is 46.4 Å². The van der Waals surface area contributed by atoms with Crippen LogP contribution in [0.25, 0.3) is 0 Å². The van der Waals surface area contributed by atoms with Gasteiger partial charge in [0.2, 0.25) is 11.8 Å². The van der Waals surface area contributed by atoms with Gasteiger partial charge in [0.1, 0.15) is 0 Å². The van der Waals surface area contributed by atoms with Gasteiger partial charge in [-0.15, -0.1) is 0 Å². The summed E-state index contributed by atoms with van der Waals surface area (Å²) in [5.41, 5.74) is 1.78. The van der Waals surface area contributed by atoms with E-state index in [2.05, 4.69) is 16.7 Å². The summed E-state index contributed by atoms with van der Waals surface area (Å²) in [7, 11) is -0.941. The number of carbonyl (C=O) groups excluding carboxylic acids is 2. The van der Waals surface area contributed by atoms with Crippen molar-refractivity contribution in [1.29, 1.82) is 0 Å². The maximum absolute atomic E-state index is 12.8. The average Bonchev–Trinajstić information content (AvgIpc) is 3.21. The van der Waals surface area contributed by atoms with E-state index in [0.29, 0.717) is 18.8 Å². The first-order valence-corrected chi connectivity index (χ1v) is 12.2. The number of imide groups is 1. The zero-order valence-corrected chi connectivity index (χ0v) is 17.8. The smallest absolute Gasteiger partial charge is 0.235 e. The number of nitrogens with zero attached hydrogens (tertiary/aromatic N) is 1. The van der Waals surface area contributed by atoms with E-state index in [1.165, 1.54) is 11.3 Å². The van der Waals surface area contributed by atoms with Gasteiger partial charge in [0.05, 0.1) is 32.7 Å². The van der Waals surface area contributed by atoms with Crippen LogP contribution in [0.2, 0.25) is 0 Å². The Morgan fingerprint density at radius 2 is 1.93 bits per heavy atom. The number of fused-ring (bicyclic) bond motifs is 1. The number of rotatable bonds is 8. The molecule has 2 amide bonds. The maximum Gasteiger partial charge on any atom is 0.235 e. The van der Waals surface area contributed by atoms with Crippen molar-refractivity contribution in [3.8, 4) is 0 Å². The minimum Gasteiger partial charge on any atom is -0.372 e. The topological polar surface area (TPSA) is 78.5 Å². The molecule has 1 saturated heterocycles. The first-order valence-electron chi connectivity index (χ1n) is 10.9. The molecule has 29 heavy (non-hydrogen) atoms.